The fourth-order valence-electron chi connectivity index (χ4n) is 2.81. The second kappa shape index (κ2) is 6.45. The number of anilines is 2. The molecule has 0 unspecified atom stereocenters. The minimum absolute atomic E-state index is 0.622. The maximum Gasteiger partial charge on any atom is 0.147 e. The second-order valence-electron chi connectivity index (χ2n) is 5.77. The van der Waals surface area contributed by atoms with Gasteiger partial charge in [-0.3, -0.25) is 0 Å². The molecule has 5 heteroatoms. The highest BCUT2D eigenvalue weighted by Gasteiger charge is 2.18. The maximum atomic E-state index is 6.05. The predicted molar refractivity (Wildman–Crippen MR) is 90.7 cm³/mol. The first-order valence-electron chi connectivity index (χ1n) is 7.47. The Morgan fingerprint density at radius 3 is 2.71 bits per heavy atom. The predicted octanol–water partition coefficient (Wildman–Crippen LogP) is 3.15. The van der Waals surface area contributed by atoms with Gasteiger partial charge in [-0.2, -0.15) is 4.37 Å². The Morgan fingerprint density at radius 1 is 1.29 bits per heavy atom. The highest BCUT2D eigenvalue weighted by molar-refractivity contribution is 7.11. The van der Waals surface area contributed by atoms with Crippen LogP contribution in [0, 0.1) is 5.92 Å². The van der Waals surface area contributed by atoms with Gasteiger partial charge in [0.05, 0.1) is 5.56 Å². The van der Waals surface area contributed by atoms with Crippen LogP contribution in [-0.2, 0) is 0 Å². The van der Waals surface area contributed by atoms with Crippen molar-refractivity contribution in [2.75, 3.05) is 37.7 Å². The van der Waals surface area contributed by atoms with Gasteiger partial charge in [-0.05, 0) is 56.0 Å². The van der Waals surface area contributed by atoms with E-state index in [0.717, 1.165) is 28.6 Å². The molecule has 0 saturated carbocycles. The van der Waals surface area contributed by atoms with Gasteiger partial charge < -0.3 is 16.0 Å². The van der Waals surface area contributed by atoms with E-state index in [-0.39, 0.29) is 0 Å². The third-order valence-electron chi connectivity index (χ3n) is 4.17. The summed E-state index contributed by atoms with van der Waals surface area (Å²) >= 11 is 1.46. The molecule has 1 fully saturated rings. The third-order valence-corrected chi connectivity index (χ3v) is 4.99. The molecule has 3 rings (SSSR count). The average molecular weight is 302 g/mol. The Morgan fingerprint density at radius 2 is 2.00 bits per heavy atom. The highest BCUT2D eigenvalue weighted by Crippen LogP contribution is 2.36. The van der Waals surface area contributed by atoms with Crippen LogP contribution >= 0.6 is 11.5 Å². The normalized spacial score (nSPS) is 17.0. The molecule has 0 bridgehead atoms. The SMILES string of the molecule is CN1CCC(CNc2snc(N)c2-c2ccccc2)CC1. The molecule has 1 aliphatic heterocycles. The van der Waals surface area contributed by atoms with Crippen LogP contribution in [0.3, 0.4) is 0 Å². The zero-order valence-electron chi connectivity index (χ0n) is 12.4. The molecule has 0 aliphatic carbocycles. The lowest BCUT2D eigenvalue weighted by Crippen LogP contribution is -2.32. The van der Waals surface area contributed by atoms with Gasteiger partial charge in [0.2, 0.25) is 0 Å². The van der Waals surface area contributed by atoms with Crippen molar-refractivity contribution in [1.82, 2.24) is 9.27 Å². The van der Waals surface area contributed by atoms with Gasteiger partial charge >= 0.3 is 0 Å². The van der Waals surface area contributed by atoms with Crippen molar-refractivity contribution in [1.29, 1.82) is 0 Å². The van der Waals surface area contributed by atoms with E-state index < -0.39 is 0 Å². The molecule has 0 atom stereocenters. The zero-order chi connectivity index (χ0) is 14.7. The van der Waals surface area contributed by atoms with Gasteiger partial charge in [0.15, 0.2) is 0 Å². The molecular weight excluding hydrogens is 280 g/mol. The Labute approximate surface area is 130 Å². The molecule has 1 aromatic heterocycles. The van der Waals surface area contributed by atoms with E-state index in [4.69, 9.17) is 5.73 Å². The van der Waals surface area contributed by atoms with Gasteiger partial charge in [0.1, 0.15) is 10.8 Å². The number of hydrogen-bond acceptors (Lipinski definition) is 5. The Balaban J connectivity index is 1.69. The lowest BCUT2D eigenvalue weighted by Gasteiger charge is -2.29. The fourth-order valence-corrected chi connectivity index (χ4v) is 3.55. The van der Waals surface area contributed by atoms with Crippen molar-refractivity contribution < 1.29 is 0 Å². The van der Waals surface area contributed by atoms with Crippen LogP contribution in [0.4, 0.5) is 10.8 Å². The van der Waals surface area contributed by atoms with E-state index in [2.05, 4.69) is 33.8 Å². The minimum atomic E-state index is 0.622. The molecule has 0 radical (unpaired) electrons. The summed E-state index contributed by atoms with van der Waals surface area (Å²) in [6, 6.07) is 10.3. The summed E-state index contributed by atoms with van der Waals surface area (Å²) in [6.07, 6.45) is 2.52. The van der Waals surface area contributed by atoms with Crippen LogP contribution in [0.2, 0.25) is 0 Å². The first-order valence-corrected chi connectivity index (χ1v) is 8.24. The van der Waals surface area contributed by atoms with E-state index in [1.807, 2.05) is 18.2 Å². The lowest BCUT2D eigenvalue weighted by molar-refractivity contribution is 0.226. The number of aromatic nitrogens is 1. The van der Waals surface area contributed by atoms with Crippen molar-refractivity contribution in [2.45, 2.75) is 12.8 Å². The number of nitrogens with one attached hydrogen (secondary N) is 1. The summed E-state index contributed by atoms with van der Waals surface area (Å²) in [6.45, 7) is 3.40. The number of benzene rings is 1. The molecule has 2 aromatic rings. The summed E-state index contributed by atoms with van der Waals surface area (Å²) in [5, 5.41) is 4.67. The van der Waals surface area contributed by atoms with Crippen molar-refractivity contribution >= 4 is 22.4 Å². The zero-order valence-corrected chi connectivity index (χ0v) is 13.2. The average Bonchev–Trinajstić information content (AvgIpc) is 2.88. The van der Waals surface area contributed by atoms with E-state index >= 15 is 0 Å². The molecule has 112 valence electrons. The van der Waals surface area contributed by atoms with Crippen LogP contribution in [0.5, 0.6) is 0 Å². The van der Waals surface area contributed by atoms with Crippen LogP contribution in [-0.4, -0.2) is 36.0 Å². The van der Waals surface area contributed by atoms with E-state index in [1.54, 1.807) is 0 Å². The number of nitrogens with two attached hydrogens (primary N) is 1. The molecule has 0 spiro atoms. The lowest BCUT2D eigenvalue weighted by atomic mass is 9.97. The number of nitrogens with zero attached hydrogens (tertiary/aromatic N) is 2. The van der Waals surface area contributed by atoms with Gasteiger partial charge in [-0.1, -0.05) is 30.3 Å². The number of likely N-dealkylation sites (tertiary alicyclic amines) is 1. The van der Waals surface area contributed by atoms with Crippen molar-refractivity contribution in [3.8, 4) is 11.1 Å². The topological polar surface area (TPSA) is 54.2 Å². The van der Waals surface area contributed by atoms with Crippen LogP contribution < -0.4 is 11.1 Å². The third kappa shape index (κ3) is 3.36. The maximum absolute atomic E-state index is 6.05. The smallest absolute Gasteiger partial charge is 0.147 e. The van der Waals surface area contributed by atoms with Gasteiger partial charge in [0.25, 0.3) is 0 Å². The highest BCUT2D eigenvalue weighted by atomic mass is 32.1. The number of rotatable bonds is 4. The first-order chi connectivity index (χ1) is 10.2. The van der Waals surface area contributed by atoms with Crippen LogP contribution in [0.15, 0.2) is 30.3 Å². The number of hydrogen-bond donors (Lipinski definition) is 2. The van der Waals surface area contributed by atoms with E-state index in [0.29, 0.717) is 5.82 Å². The molecule has 1 saturated heterocycles. The molecule has 0 amide bonds. The first kappa shape index (κ1) is 14.4. The van der Waals surface area contributed by atoms with Gasteiger partial charge in [0, 0.05) is 6.54 Å². The fraction of sp³-hybridized carbons (Fsp3) is 0.438. The molecule has 2 heterocycles. The van der Waals surface area contributed by atoms with E-state index in [9.17, 15) is 0 Å². The molecular formula is C16H22N4S. The Hall–Kier alpha value is -1.59. The molecule has 4 nitrogen and oxygen atoms in total. The summed E-state index contributed by atoms with van der Waals surface area (Å²) in [4.78, 5) is 2.40. The van der Waals surface area contributed by atoms with Crippen molar-refractivity contribution in [3.05, 3.63) is 30.3 Å². The molecule has 1 aromatic carbocycles. The summed E-state index contributed by atoms with van der Waals surface area (Å²) in [5.74, 6) is 1.37. The molecule has 3 N–H and O–H groups in total. The number of piperidine rings is 1. The quantitative estimate of drug-likeness (QED) is 0.911. The van der Waals surface area contributed by atoms with Gasteiger partial charge in [-0.15, -0.1) is 0 Å². The monoisotopic (exact) mass is 302 g/mol. The Bertz CT molecular complexity index is 573. The Kier molecular flexibility index (Phi) is 4.41. The van der Waals surface area contributed by atoms with Crippen molar-refractivity contribution in [3.63, 3.8) is 0 Å². The standard InChI is InChI=1S/C16H22N4S/c1-20-9-7-12(8-10-20)11-18-16-14(15(17)19-21-16)13-5-3-2-4-6-13/h2-6,12,18H,7-11H2,1H3,(H2,17,19). The van der Waals surface area contributed by atoms with Crippen molar-refractivity contribution in [2.24, 2.45) is 5.92 Å². The molecule has 1 aliphatic rings. The summed E-state index contributed by atoms with van der Waals surface area (Å²) in [7, 11) is 2.20. The molecule has 21 heavy (non-hydrogen) atoms. The largest absolute Gasteiger partial charge is 0.382 e. The van der Waals surface area contributed by atoms with Crippen LogP contribution in [0.25, 0.3) is 11.1 Å². The minimum Gasteiger partial charge on any atom is -0.382 e. The van der Waals surface area contributed by atoms with E-state index in [1.165, 1.54) is 37.5 Å². The second-order valence-corrected chi connectivity index (χ2v) is 6.54. The van der Waals surface area contributed by atoms with Gasteiger partial charge in [-0.25, -0.2) is 0 Å². The summed E-state index contributed by atoms with van der Waals surface area (Å²) < 4.78 is 4.32. The summed E-state index contributed by atoms with van der Waals surface area (Å²) in [5.41, 5.74) is 8.24. The van der Waals surface area contributed by atoms with Crippen LogP contribution in [0.1, 0.15) is 12.8 Å². The number of nitrogen functional groups attached to an aromatic ring is 1.